The van der Waals surface area contributed by atoms with Gasteiger partial charge in [-0.25, -0.2) is 0 Å². The van der Waals surface area contributed by atoms with Gasteiger partial charge in [0.25, 0.3) is 0 Å². The van der Waals surface area contributed by atoms with Crippen molar-refractivity contribution in [3.63, 3.8) is 0 Å². The van der Waals surface area contributed by atoms with Gasteiger partial charge >= 0.3 is 0 Å². The summed E-state index contributed by atoms with van der Waals surface area (Å²) in [6.07, 6.45) is 5.97. The lowest BCUT2D eigenvalue weighted by molar-refractivity contribution is -0.0403. The minimum absolute atomic E-state index is 0.773. The summed E-state index contributed by atoms with van der Waals surface area (Å²) in [6, 6.07) is 0.870. The molecular weight excluding hydrogens is 146 g/mol. The summed E-state index contributed by atoms with van der Waals surface area (Å²) in [7, 11) is 2.24. The van der Waals surface area contributed by atoms with Gasteiger partial charge in [-0.3, -0.25) is 0 Å². The van der Waals surface area contributed by atoms with E-state index in [1.165, 1.54) is 32.2 Å². The van der Waals surface area contributed by atoms with E-state index in [1.807, 2.05) is 13.8 Å². The van der Waals surface area contributed by atoms with Crippen molar-refractivity contribution in [1.82, 2.24) is 4.90 Å². The van der Waals surface area contributed by atoms with Crippen LogP contribution in [0.2, 0.25) is 0 Å². The Morgan fingerprint density at radius 3 is 2.00 bits per heavy atom. The molecule has 1 saturated heterocycles. The van der Waals surface area contributed by atoms with Crippen LogP contribution in [-0.4, -0.2) is 24.5 Å². The predicted molar refractivity (Wildman–Crippen MR) is 54.3 cm³/mol. The predicted octanol–water partition coefficient (Wildman–Crippen LogP) is 2.91. The molecule has 1 aliphatic heterocycles. The highest BCUT2D eigenvalue weighted by Crippen LogP contribution is 2.49. The first-order valence-corrected chi connectivity index (χ1v) is 5.45. The molecular formula is C11H23N. The van der Waals surface area contributed by atoms with E-state index < -0.39 is 0 Å². The summed E-state index contributed by atoms with van der Waals surface area (Å²) >= 11 is 0. The molecule has 0 N–H and O–H groups in total. The largest absolute Gasteiger partial charge is 0.302 e. The molecule has 0 aromatic rings. The zero-order valence-electron chi connectivity index (χ0n) is 9.06. The Hall–Kier alpha value is -0.0400. The van der Waals surface area contributed by atoms with Crippen molar-refractivity contribution in [3.05, 3.63) is 0 Å². The fourth-order valence-electron chi connectivity index (χ4n) is 2.78. The number of hydrogen-bond donors (Lipinski definition) is 0. The van der Waals surface area contributed by atoms with Gasteiger partial charge in [-0.2, -0.15) is 0 Å². The maximum absolute atomic E-state index is 2.48. The average molecular weight is 169 g/mol. The van der Waals surface area contributed by atoms with E-state index >= 15 is 0 Å². The summed E-state index contributed by atoms with van der Waals surface area (Å²) in [4.78, 5) is 2.48. The van der Waals surface area contributed by atoms with E-state index in [1.54, 1.807) is 0 Å². The van der Waals surface area contributed by atoms with Gasteiger partial charge in [-0.05, 0) is 32.2 Å². The summed E-state index contributed by atoms with van der Waals surface area (Å²) < 4.78 is 0. The molecule has 0 aromatic carbocycles. The normalized spacial score (nSPS) is 32.5. The van der Waals surface area contributed by atoms with Crippen LogP contribution in [0.3, 0.4) is 0 Å². The maximum Gasteiger partial charge on any atom is 0.0133 e. The summed E-state index contributed by atoms with van der Waals surface area (Å²) in [5.41, 5.74) is 0.773. The molecule has 72 valence electrons. The molecule has 2 aliphatic rings. The van der Waals surface area contributed by atoms with E-state index in [2.05, 4.69) is 18.9 Å². The van der Waals surface area contributed by atoms with Gasteiger partial charge in [0, 0.05) is 12.6 Å². The third-order valence-electron chi connectivity index (χ3n) is 3.71. The monoisotopic (exact) mass is 169 g/mol. The van der Waals surface area contributed by atoms with E-state index in [0.29, 0.717) is 0 Å². The number of rotatable bonds is 0. The van der Waals surface area contributed by atoms with E-state index in [0.717, 1.165) is 11.5 Å². The van der Waals surface area contributed by atoms with Crippen LogP contribution in [0, 0.1) is 5.41 Å². The summed E-state index contributed by atoms with van der Waals surface area (Å²) in [5, 5.41) is 0. The van der Waals surface area contributed by atoms with Crippen molar-refractivity contribution in [2.75, 3.05) is 13.6 Å². The first kappa shape index (κ1) is 10.0. The second-order valence-electron chi connectivity index (χ2n) is 4.16. The number of likely N-dealkylation sites (tertiary alicyclic amines) is 1. The molecule has 12 heavy (non-hydrogen) atoms. The fourth-order valence-corrected chi connectivity index (χ4v) is 2.78. The SMILES string of the molecule is CC.CC1N(C)CC12CCCC2. The van der Waals surface area contributed by atoms with Gasteiger partial charge in [0.2, 0.25) is 0 Å². The minimum atomic E-state index is 0.773. The van der Waals surface area contributed by atoms with Crippen molar-refractivity contribution in [1.29, 1.82) is 0 Å². The van der Waals surface area contributed by atoms with Gasteiger partial charge in [-0.1, -0.05) is 26.7 Å². The first-order chi connectivity index (χ1) is 5.75. The first-order valence-electron chi connectivity index (χ1n) is 5.45. The zero-order valence-corrected chi connectivity index (χ0v) is 9.06. The van der Waals surface area contributed by atoms with Crippen molar-refractivity contribution in [3.8, 4) is 0 Å². The van der Waals surface area contributed by atoms with Gasteiger partial charge in [-0.15, -0.1) is 0 Å². The Morgan fingerprint density at radius 1 is 1.17 bits per heavy atom. The molecule has 1 saturated carbocycles. The molecule has 1 aliphatic carbocycles. The Balaban J connectivity index is 0.000000336. The second-order valence-corrected chi connectivity index (χ2v) is 4.16. The standard InChI is InChI=1S/C9H17N.C2H6/c1-8-9(7-10(8)2)5-3-4-6-9;1-2/h8H,3-7H2,1-2H3;1-2H3. The van der Waals surface area contributed by atoms with Crippen LogP contribution in [0.25, 0.3) is 0 Å². The van der Waals surface area contributed by atoms with Crippen molar-refractivity contribution in [2.45, 2.75) is 52.5 Å². The highest BCUT2D eigenvalue weighted by atomic mass is 15.2. The molecule has 1 atom stereocenters. The van der Waals surface area contributed by atoms with E-state index in [9.17, 15) is 0 Å². The highest BCUT2D eigenvalue weighted by Gasteiger charge is 2.48. The molecule has 1 nitrogen and oxygen atoms in total. The number of nitrogens with zero attached hydrogens (tertiary/aromatic N) is 1. The second kappa shape index (κ2) is 3.78. The van der Waals surface area contributed by atoms with Crippen LogP contribution >= 0.6 is 0 Å². The summed E-state index contributed by atoms with van der Waals surface area (Å²) in [5.74, 6) is 0. The van der Waals surface area contributed by atoms with Gasteiger partial charge < -0.3 is 4.90 Å². The van der Waals surface area contributed by atoms with E-state index in [4.69, 9.17) is 0 Å². The fraction of sp³-hybridized carbons (Fsp3) is 1.00. The topological polar surface area (TPSA) is 3.24 Å². The molecule has 1 unspecified atom stereocenters. The van der Waals surface area contributed by atoms with Gasteiger partial charge in [0.15, 0.2) is 0 Å². The quantitative estimate of drug-likeness (QED) is 0.539. The Labute approximate surface area is 77.1 Å². The van der Waals surface area contributed by atoms with Crippen molar-refractivity contribution in [2.24, 2.45) is 5.41 Å². The lowest BCUT2D eigenvalue weighted by Gasteiger charge is -2.53. The molecule has 2 fully saturated rings. The maximum atomic E-state index is 2.48. The number of hydrogen-bond acceptors (Lipinski definition) is 1. The Morgan fingerprint density at radius 2 is 1.67 bits per heavy atom. The van der Waals surface area contributed by atoms with Gasteiger partial charge in [0.1, 0.15) is 0 Å². The summed E-state index contributed by atoms with van der Waals surface area (Å²) in [6.45, 7) is 7.75. The molecule has 1 heteroatoms. The van der Waals surface area contributed by atoms with E-state index in [-0.39, 0.29) is 0 Å². The molecule has 0 bridgehead atoms. The van der Waals surface area contributed by atoms with Crippen LogP contribution in [0.15, 0.2) is 0 Å². The van der Waals surface area contributed by atoms with Crippen molar-refractivity contribution >= 4 is 0 Å². The van der Waals surface area contributed by atoms with Crippen molar-refractivity contribution < 1.29 is 0 Å². The van der Waals surface area contributed by atoms with Crippen LogP contribution in [0.5, 0.6) is 0 Å². The minimum Gasteiger partial charge on any atom is -0.302 e. The third-order valence-corrected chi connectivity index (χ3v) is 3.71. The average Bonchev–Trinajstić information content (AvgIpc) is 2.59. The third kappa shape index (κ3) is 1.39. The molecule has 0 amide bonds. The van der Waals surface area contributed by atoms with Crippen LogP contribution < -0.4 is 0 Å². The van der Waals surface area contributed by atoms with Crippen LogP contribution in [0.4, 0.5) is 0 Å². The zero-order chi connectivity index (χ0) is 9.19. The van der Waals surface area contributed by atoms with Gasteiger partial charge in [0.05, 0.1) is 0 Å². The molecule has 1 heterocycles. The van der Waals surface area contributed by atoms with Crippen LogP contribution in [0.1, 0.15) is 46.5 Å². The molecule has 1 spiro atoms. The lowest BCUT2D eigenvalue weighted by atomic mass is 9.71. The smallest absolute Gasteiger partial charge is 0.0133 e. The molecule has 0 radical (unpaired) electrons. The van der Waals surface area contributed by atoms with Crippen LogP contribution in [-0.2, 0) is 0 Å². The Bertz CT molecular complexity index is 136. The molecule has 0 aromatic heterocycles. The lowest BCUT2D eigenvalue weighted by Crippen LogP contribution is -2.59. The Kier molecular flexibility index (Phi) is 3.16. The highest BCUT2D eigenvalue weighted by molar-refractivity contribution is 5.02. The molecule has 2 rings (SSSR count).